The van der Waals surface area contributed by atoms with Crippen molar-refractivity contribution >= 4 is 11.6 Å². The molecule has 3 aromatic rings. The average Bonchev–Trinajstić information content (AvgIpc) is 3.10. The topological polar surface area (TPSA) is 77.2 Å². The smallest absolute Gasteiger partial charge is 0.247 e. The molecule has 0 unspecified atom stereocenters. The first-order valence-corrected chi connectivity index (χ1v) is 8.08. The van der Waals surface area contributed by atoms with Crippen molar-refractivity contribution in [2.24, 2.45) is 0 Å². The van der Waals surface area contributed by atoms with Crippen LogP contribution in [0.25, 0.3) is 11.5 Å². The van der Waals surface area contributed by atoms with E-state index in [1.165, 1.54) is 12.1 Å². The predicted molar refractivity (Wildman–Crippen MR) is 94.4 cm³/mol. The molecule has 0 saturated carbocycles. The van der Waals surface area contributed by atoms with E-state index in [0.29, 0.717) is 35.2 Å². The van der Waals surface area contributed by atoms with Gasteiger partial charge in [0.1, 0.15) is 11.6 Å². The molecule has 1 N–H and O–H groups in total. The van der Waals surface area contributed by atoms with Crippen LogP contribution in [0.15, 0.2) is 46.9 Å². The van der Waals surface area contributed by atoms with Crippen molar-refractivity contribution < 1.29 is 18.3 Å². The van der Waals surface area contributed by atoms with Gasteiger partial charge in [-0.2, -0.15) is 0 Å². The minimum Gasteiger partial charge on any atom is -0.495 e. The summed E-state index contributed by atoms with van der Waals surface area (Å²) in [6.45, 7) is 1.94. The van der Waals surface area contributed by atoms with Crippen LogP contribution in [-0.2, 0) is 11.2 Å². The van der Waals surface area contributed by atoms with Crippen LogP contribution < -0.4 is 10.1 Å². The number of halogens is 1. The Morgan fingerprint density at radius 1 is 1.19 bits per heavy atom. The molecule has 0 aliphatic heterocycles. The largest absolute Gasteiger partial charge is 0.495 e. The molecule has 1 heterocycles. The third kappa shape index (κ3) is 4.24. The highest BCUT2D eigenvalue weighted by atomic mass is 19.1. The van der Waals surface area contributed by atoms with E-state index in [4.69, 9.17) is 9.15 Å². The molecule has 1 amide bonds. The van der Waals surface area contributed by atoms with Crippen molar-refractivity contribution in [3.63, 3.8) is 0 Å². The van der Waals surface area contributed by atoms with E-state index in [0.717, 1.165) is 5.56 Å². The third-order valence-corrected chi connectivity index (χ3v) is 3.75. The van der Waals surface area contributed by atoms with Crippen molar-refractivity contribution in [2.45, 2.75) is 19.8 Å². The van der Waals surface area contributed by atoms with Gasteiger partial charge in [-0.05, 0) is 48.9 Å². The predicted octanol–water partition coefficient (Wildman–Crippen LogP) is 3.76. The number of ether oxygens (including phenoxy) is 1. The molecule has 134 valence electrons. The van der Waals surface area contributed by atoms with Crippen LogP contribution in [0.3, 0.4) is 0 Å². The number of carbonyl (C=O) groups is 1. The number of aryl methyl sites for hydroxylation is 2. The summed E-state index contributed by atoms with van der Waals surface area (Å²) in [6.07, 6.45) is 0.482. The summed E-state index contributed by atoms with van der Waals surface area (Å²) in [6, 6.07) is 11.3. The number of nitrogens with one attached hydrogen (secondary N) is 1. The zero-order valence-electron chi connectivity index (χ0n) is 14.5. The maximum absolute atomic E-state index is 13.0. The number of anilines is 1. The molecule has 0 saturated heterocycles. The van der Waals surface area contributed by atoms with Crippen molar-refractivity contribution in [1.82, 2.24) is 10.2 Å². The van der Waals surface area contributed by atoms with Gasteiger partial charge in [-0.25, -0.2) is 4.39 Å². The first kappa shape index (κ1) is 17.6. The normalized spacial score (nSPS) is 10.6. The Morgan fingerprint density at radius 2 is 1.96 bits per heavy atom. The molecule has 0 radical (unpaired) electrons. The summed E-state index contributed by atoms with van der Waals surface area (Å²) in [5, 5.41) is 10.7. The highest BCUT2D eigenvalue weighted by molar-refractivity contribution is 5.92. The molecule has 6 nitrogen and oxygen atoms in total. The minimum absolute atomic E-state index is 0.183. The Balaban J connectivity index is 1.60. The first-order chi connectivity index (χ1) is 12.5. The van der Waals surface area contributed by atoms with Crippen LogP contribution >= 0.6 is 0 Å². The fourth-order valence-corrected chi connectivity index (χ4v) is 2.42. The Morgan fingerprint density at radius 3 is 2.69 bits per heavy atom. The monoisotopic (exact) mass is 355 g/mol. The van der Waals surface area contributed by atoms with Crippen LogP contribution in [0.2, 0.25) is 0 Å². The number of benzene rings is 2. The van der Waals surface area contributed by atoms with E-state index in [1.54, 1.807) is 25.3 Å². The fraction of sp³-hybridized carbons (Fsp3) is 0.211. The maximum atomic E-state index is 13.0. The van der Waals surface area contributed by atoms with E-state index < -0.39 is 0 Å². The maximum Gasteiger partial charge on any atom is 0.247 e. The summed E-state index contributed by atoms with van der Waals surface area (Å²) in [5.74, 6) is 0.712. The van der Waals surface area contributed by atoms with Gasteiger partial charge in [0.05, 0.1) is 12.8 Å². The van der Waals surface area contributed by atoms with Gasteiger partial charge in [0.2, 0.25) is 17.7 Å². The Hall–Kier alpha value is -3.22. The molecule has 3 rings (SSSR count). The molecule has 0 atom stereocenters. The second kappa shape index (κ2) is 7.77. The van der Waals surface area contributed by atoms with E-state index in [-0.39, 0.29) is 18.1 Å². The van der Waals surface area contributed by atoms with Crippen LogP contribution in [0, 0.1) is 12.7 Å². The van der Waals surface area contributed by atoms with Crippen molar-refractivity contribution in [2.75, 3.05) is 12.4 Å². The molecule has 0 fully saturated rings. The number of nitrogens with zero attached hydrogens (tertiary/aromatic N) is 2. The number of hydrogen-bond acceptors (Lipinski definition) is 5. The zero-order chi connectivity index (χ0) is 18.5. The van der Waals surface area contributed by atoms with Crippen LogP contribution in [0.5, 0.6) is 5.75 Å². The lowest BCUT2D eigenvalue weighted by molar-refractivity contribution is -0.116. The van der Waals surface area contributed by atoms with E-state index in [9.17, 15) is 9.18 Å². The van der Waals surface area contributed by atoms with Crippen molar-refractivity contribution in [1.29, 1.82) is 0 Å². The van der Waals surface area contributed by atoms with Gasteiger partial charge in [0, 0.05) is 18.4 Å². The lowest BCUT2D eigenvalue weighted by Gasteiger charge is -2.10. The first-order valence-electron chi connectivity index (χ1n) is 8.08. The van der Waals surface area contributed by atoms with Gasteiger partial charge in [-0.3, -0.25) is 4.79 Å². The van der Waals surface area contributed by atoms with E-state index in [2.05, 4.69) is 15.5 Å². The van der Waals surface area contributed by atoms with Gasteiger partial charge < -0.3 is 14.5 Å². The van der Waals surface area contributed by atoms with Crippen LogP contribution in [0.1, 0.15) is 17.9 Å². The number of carbonyl (C=O) groups excluding carboxylic acids is 1. The number of methoxy groups -OCH3 is 1. The SMILES string of the molecule is COc1ccc(C)cc1NC(=O)CCc1nnc(-c2ccc(F)cc2)o1. The molecule has 2 aromatic carbocycles. The molecule has 0 spiro atoms. The molecular weight excluding hydrogens is 337 g/mol. The second-order valence-electron chi connectivity index (χ2n) is 5.76. The Kier molecular flexibility index (Phi) is 5.26. The lowest BCUT2D eigenvalue weighted by atomic mass is 10.2. The molecule has 0 aliphatic rings. The quantitative estimate of drug-likeness (QED) is 0.728. The van der Waals surface area contributed by atoms with Crippen molar-refractivity contribution in [3.8, 4) is 17.2 Å². The van der Waals surface area contributed by atoms with Gasteiger partial charge >= 0.3 is 0 Å². The van der Waals surface area contributed by atoms with Crippen LogP contribution in [-0.4, -0.2) is 23.2 Å². The number of rotatable bonds is 6. The summed E-state index contributed by atoms with van der Waals surface area (Å²) in [4.78, 5) is 12.2. The van der Waals surface area contributed by atoms with Gasteiger partial charge in [-0.1, -0.05) is 6.07 Å². The summed E-state index contributed by atoms with van der Waals surface area (Å²) < 4.78 is 23.7. The summed E-state index contributed by atoms with van der Waals surface area (Å²) >= 11 is 0. The Bertz CT molecular complexity index is 907. The summed E-state index contributed by atoms with van der Waals surface area (Å²) in [7, 11) is 1.55. The van der Waals surface area contributed by atoms with E-state index in [1.807, 2.05) is 19.1 Å². The molecule has 0 bridgehead atoms. The van der Waals surface area contributed by atoms with Crippen LogP contribution in [0.4, 0.5) is 10.1 Å². The summed E-state index contributed by atoms with van der Waals surface area (Å²) in [5.41, 5.74) is 2.26. The fourth-order valence-electron chi connectivity index (χ4n) is 2.42. The standard InChI is InChI=1S/C19H18FN3O3/c1-12-3-8-16(25-2)15(11-12)21-17(24)9-10-18-22-23-19(26-18)13-4-6-14(20)7-5-13/h3-8,11H,9-10H2,1-2H3,(H,21,24). The molecule has 1 aromatic heterocycles. The van der Waals surface area contributed by atoms with Crippen molar-refractivity contribution in [3.05, 3.63) is 59.7 Å². The highest BCUT2D eigenvalue weighted by Gasteiger charge is 2.12. The number of amides is 1. The molecule has 26 heavy (non-hydrogen) atoms. The minimum atomic E-state index is -0.336. The average molecular weight is 355 g/mol. The zero-order valence-corrected chi connectivity index (χ0v) is 14.5. The third-order valence-electron chi connectivity index (χ3n) is 3.75. The van der Waals surface area contributed by atoms with Gasteiger partial charge in [0.15, 0.2) is 0 Å². The van der Waals surface area contributed by atoms with E-state index >= 15 is 0 Å². The number of hydrogen-bond donors (Lipinski definition) is 1. The molecular formula is C19H18FN3O3. The Labute approximate surface area is 150 Å². The second-order valence-corrected chi connectivity index (χ2v) is 5.76. The molecule has 7 heteroatoms. The van der Waals surface area contributed by atoms with Gasteiger partial charge in [0.25, 0.3) is 0 Å². The highest BCUT2D eigenvalue weighted by Crippen LogP contribution is 2.25. The lowest BCUT2D eigenvalue weighted by Crippen LogP contribution is -2.13. The van der Waals surface area contributed by atoms with Gasteiger partial charge in [-0.15, -0.1) is 10.2 Å². The molecule has 0 aliphatic carbocycles. The number of aromatic nitrogens is 2.